The highest BCUT2D eigenvalue weighted by molar-refractivity contribution is 7.18. The van der Waals surface area contributed by atoms with Crippen LogP contribution in [0.2, 0.25) is 5.02 Å². The molecule has 0 aliphatic carbocycles. The van der Waals surface area contributed by atoms with Crippen LogP contribution in [0.15, 0.2) is 42.5 Å². The Morgan fingerprint density at radius 2 is 2.11 bits per heavy atom. The first-order valence-corrected chi connectivity index (χ1v) is 10.3. The van der Waals surface area contributed by atoms with Crippen molar-refractivity contribution in [3.63, 3.8) is 0 Å². The second kappa shape index (κ2) is 8.63. The summed E-state index contributed by atoms with van der Waals surface area (Å²) in [6.45, 7) is 1.58. The number of aromatic nitrogens is 1. The maximum atomic E-state index is 12.0. The Morgan fingerprint density at radius 3 is 3.00 bits per heavy atom. The lowest BCUT2D eigenvalue weighted by Gasteiger charge is -2.19. The molecule has 3 aromatic rings. The second-order valence-electron chi connectivity index (χ2n) is 6.33. The Kier molecular flexibility index (Phi) is 5.78. The smallest absolute Gasteiger partial charge is 0.243 e. The van der Waals surface area contributed by atoms with Gasteiger partial charge in [0.25, 0.3) is 0 Å². The number of hydrogen-bond acceptors (Lipinski definition) is 5. The van der Waals surface area contributed by atoms with Crippen LogP contribution in [0.4, 0.5) is 0 Å². The molecule has 0 atom stereocenters. The molecule has 1 amide bonds. The molecule has 7 heteroatoms. The molecule has 0 saturated heterocycles. The predicted octanol–water partition coefficient (Wildman–Crippen LogP) is 4.48. The van der Waals surface area contributed by atoms with Crippen molar-refractivity contribution in [1.82, 2.24) is 10.3 Å². The van der Waals surface area contributed by atoms with Gasteiger partial charge in [0.1, 0.15) is 13.2 Å². The van der Waals surface area contributed by atoms with E-state index in [4.69, 9.17) is 21.1 Å². The van der Waals surface area contributed by atoms with Crippen LogP contribution < -0.4 is 14.8 Å². The van der Waals surface area contributed by atoms with Crippen LogP contribution in [-0.4, -0.2) is 30.6 Å². The fourth-order valence-corrected chi connectivity index (χ4v) is 4.22. The average Bonchev–Trinajstić information content (AvgIpc) is 3.13. The van der Waals surface area contributed by atoms with E-state index in [1.807, 2.05) is 24.3 Å². The van der Waals surface area contributed by atoms with E-state index >= 15 is 0 Å². The Morgan fingerprint density at radius 1 is 1.25 bits per heavy atom. The van der Waals surface area contributed by atoms with E-state index in [2.05, 4.69) is 16.4 Å². The summed E-state index contributed by atoms with van der Waals surface area (Å²) in [5, 5.41) is 4.47. The van der Waals surface area contributed by atoms with Gasteiger partial charge in [-0.3, -0.25) is 4.79 Å². The van der Waals surface area contributed by atoms with Gasteiger partial charge in [-0.2, -0.15) is 0 Å². The van der Waals surface area contributed by atoms with Gasteiger partial charge >= 0.3 is 0 Å². The molecule has 0 saturated carbocycles. The minimum absolute atomic E-state index is 0.143. The molecule has 144 valence electrons. The first kappa shape index (κ1) is 18.8. The molecule has 1 N–H and O–H groups in total. The van der Waals surface area contributed by atoms with Crippen molar-refractivity contribution in [1.29, 1.82) is 0 Å². The normalized spacial score (nSPS) is 13.2. The highest BCUT2D eigenvalue weighted by Gasteiger charge is 2.15. The second-order valence-corrected chi connectivity index (χ2v) is 7.85. The van der Waals surface area contributed by atoms with Gasteiger partial charge in [-0.15, -0.1) is 11.3 Å². The predicted molar refractivity (Wildman–Crippen MR) is 112 cm³/mol. The van der Waals surface area contributed by atoms with E-state index < -0.39 is 0 Å². The number of hydrogen-bond donors (Lipinski definition) is 1. The molecule has 4 rings (SSSR count). The Balaban J connectivity index is 1.27. The first-order chi connectivity index (χ1) is 13.7. The van der Waals surface area contributed by atoms with Gasteiger partial charge in [0.05, 0.1) is 20.2 Å². The SMILES string of the molecule is O=C(/C=C/c1cc(Cl)c2c(c1)OCCO2)NCCCc1nc2ccccc2s1. The summed E-state index contributed by atoms with van der Waals surface area (Å²) in [5.41, 5.74) is 1.83. The molecule has 28 heavy (non-hydrogen) atoms. The summed E-state index contributed by atoms with van der Waals surface area (Å²) in [6.07, 6.45) is 4.91. The summed E-state index contributed by atoms with van der Waals surface area (Å²) in [7, 11) is 0. The quantitative estimate of drug-likeness (QED) is 0.477. The number of carbonyl (C=O) groups is 1. The number of aryl methyl sites for hydroxylation is 1. The third-order valence-corrected chi connectivity index (χ3v) is 5.63. The summed E-state index contributed by atoms with van der Waals surface area (Å²) < 4.78 is 12.2. The molecule has 5 nitrogen and oxygen atoms in total. The number of carbonyl (C=O) groups excluding carboxylic acids is 1. The van der Waals surface area contributed by atoms with Gasteiger partial charge in [0.15, 0.2) is 11.5 Å². The third kappa shape index (κ3) is 4.46. The molecular formula is C21H19ClN2O3S. The topological polar surface area (TPSA) is 60.5 Å². The van der Waals surface area contributed by atoms with E-state index in [0.29, 0.717) is 36.3 Å². The zero-order valence-electron chi connectivity index (χ0n) is 15.1. The fraction of sp³-hybridized carbons (Fsp3) is 0.238. The van der Waals surface area contributed by atoms with Gasteiger partial charge in [0.2, 0.25) is 5.91 Å². The number of thiazole rings is 1. The monoisotopic (exact) mass is 414 g/mol. The number of benzene rings is 2. The van der Waals surface area contributed by atoms with Crippen LogP contribution in [0, 0.1) is 0 Å². The zero-order valence-corrected chi connectivity index (χ0v) is 16.7. The standard InChI is InChI=1S/C21H19ClN2O3S/c22-15-12-14(13-17-21(15)27-11-10-26-17)7-8-19(25)23-9-3-6-20-24-16-4-1-2-5-18(16)28-20/h1-2,4-5,7-8,12-13H,3,6,9-11H2,(H,23,25)/b8-7+. The van der Waals surface area contributed by atoms with Gasteiger partial charge in [-0.25, -0.2) is 4.98 Å². The van der Waals surface area contributed by atoms with Crippen molar-refractivity contribution in [3.05, 3.63) is 58.1 Å². The summed E-state index contributed by atoms with van der Waals surface area (Å²) >= 11 is 7.91. The Bertz CT molecular complexity index is 999. The minimum atomic E-state index is -0.143. The Hall–Kier alpha value is -2.57. The number of halogens is 1. The number of nitrogens with one attached hydrogen (secondary N) is 1. The van der Waals surface area contributed by atoms with Gasteiger partial charge in [0, 0.05) is 19.0 Å². The molecule has 2 heterocycles. The molecular weight excluding hydrogens is 396 g/mol. The van der Waals surface area contributed by atoms with Crippen LogP contribution in [0.3, 0.4) is 0 Å². The molecule has 1 aromatic heterocycles. The van der Waals surface area contributed by atoms with Gasteiger partial charge in [-0.1, -0.05) is 23.7 Å². The lowest BCUT2D eigenvalue weighted by Crippen LogP contribution is -2.22. The van der Waals surface area contributed by atoms with Crippen LogP contribution in [-0.2, 0) is 11.2 Å². The van der Waals surface area contributed by atoms with E-state index in [9.17, 15) is 4.79 Å². The molecule has 0 unspecified atom stereocenters. The van der Waals surface area contributed by atoms with Crippen LogP contribution in [0.25, 0.3) is 16.3 Å². The minimum Gasteiger partial charge on any atom is -0.486 e. The molecule has 1 aliphatic rings. The van der Waals surface area contributed by atoms with Crippen molar-refractivity contribution < 1.29 is 14.3 Å². The van der Waals surface area contributed by atoms with Crippen LogP contribution >= 0.6 is 22.9 Å². The molecule has 0 bridgehead atoms. The molecule has 1 aliphatic heterocycles. The number of fused-ring (bicyclic) bond motifs is 2. The van der Waals surface area contributed by atoms with E-state index in [1.165, 1.54) is 10.8 Å². The number of ether oxygens (including phenoxy) is 2. The fourth-order valence-electron chi connectivity index (χ4n) is 2.94. The number of para-hydroxylation sites is 1. The highest BCUT2D eigenvalue weighted by atomic mass is 35.5. The first-order valence-electron chi connectivity index (χ1n) is 9.08. The van der Waals surface area contributed by atoms with Crippen LogP contribution in [0.5, 0.6) is 11.5 Å². The Labute approximate surface area is 171 Å². The maximum Gasteiger partial charge on any atom is 0.243 e. The largest absolute Gasteiger partial charge is 0.486 e. The van der Waals surface area contributed by atoms with Gasteiger partial charge < -0.3 is 14.8 Å². The van der Waals surface area contributed by atoms with E-state index in [1.54, 1.807) is 23.5 Å². The van der Waals surface area contributed by atoms with Crippen molar-refractivity contribution in [2.45, 2.75) is 12.8 Å². The van der Waals surface area contributed by atoms with E-state index in [-0.39, 0.29) is 5.91 Å². The molecule has 0 spiro atoms. The van der Waals surface area contributed by atoms with Crippen molar-refractivity contribution >= 4 is 45.1 Å². The summed E-state index contributed by atoms with van der Waals surface area (Å²) in [5.74, 6) is 1.02. The average molecular weight is 415 g/mol. The lowest BCUT2D eigenvalue weighted by atomic mass is 10.1. The summed E-state index contributed by atoms with van der Waals surface area (Å²) in [4.78, 5) is 16.6. The van der Waals surface area contributed by atoms with Gasteiger partial charge in [-0.05, 0) is 42.3 Å². The number of nitrogens with zero attached hydrogens (tertiary/aromatic N) is 1. The molecule has 0 fully saturated rings. The zero-order chi connectivity index (χ0) is 19.3. The number of rotatable bonds is 6. The molecule has 2 aromatic carbocycles. The van der Waals surface area contributed by atoms with Crippen molar-refractivity contribution in [3.8, 4) is 11.5 Å². The van der Waals surface area contributed by atoms with E-state index in [0.717, 1.165) is 28.9 Å². The van der Waals surface area contributed by atoms with Crippen molar-refractivity contribution in [2.24, 2.45) is 0 Å². The van der Waals surface area contributed by atoms with Crippen molar-refractivity contribution in [2.75, 3.05) is 19.8 Å². The lowest BCUT2D eigenvalue weighted by molar-refractivity contribution is -0.116. The molecule has 0 radical (unpaired) electrons. The number of amides is 1. The highest BCUT2D eigenvalue weighted by Crippen LogP contribution is 2.38. The van der Waals surface area contributed by atoms with Crippen LogP contribution in [0.1, 0.15) is 17.0 Å². The summed E-state index contributed by atoms with van der Waals surface area (Å²) in [6, 6.07) is 11.7. The third-order valence-electron chi connectivity index (χ3n) is 4.25. The maximum absolute atomic E-state index is 12.0.